The van der Waals surface area contributed by atoms with E-state index in [-0.39, 0.29) is 31.7 Å². The van der Waals surface area contributed by atoms with Crippen LogP contribution in [0.25, 0.3) is 17.2 Å². The number of rotatable bonds is 13. The number of aromatic nitrogens is 1. The Balaban J connectivity index is 1.51. The summed E-state index contributed by atoms with van der Waals surface area (Å²) in [6, 6.07) is 12.0. The zero-order valence-corrected chi connectivity index (χ0v) is 26.2. The Kier molecular flexibility index (Phi) is 9.62. The smallest absolute Gasteiger partial charge is 0.374 e. The molecule has 1 aliphatic rings. The number of hydrogen-bond acceptors (Lipinski definition) is 9. The number of ether oxygens (including phenoxy) is 1. The van der Waals surface area contributed by atoms with Gasteiger partial charge >= 0.3 is 5.89 Å². The normalized spacial score (nSPS) is 14.6. The summed E-state index contributed by atoms with van der Waals surface area (Å²) in [5.74, 6) is -0.867. The van der Waals surface area contributed by atoms with Crippen LogP contribution in [0.4, 0.5) is 15.8 Å². The van der Waals surface area contributed by atoms with Crippen LogP contribution in [0.1, 0.15) is 42.6 Å². The van der Waals surface area contributed by atoms with Gasteiger partial charge in [0.15, 0.2) is 18.1 Å². The molecule has 0 atom stereocenters. The van der Waals surface area contributed by atoms with E-state index in [1.165, 1.54) is 30.5 Å². The second-order valence-electron chi connectivity index (χ2n) is 10.4. The SMILES string of the molecule is CCC(=Cc1oc2ccc(NC(=O)c3ccco3)cc2[n+]1CCCS(=O)(=O)O)C=C1Oc2ccc(F)cc2N1CCCS(=O)(=O)O. The fourth-order valence-electron chi connectivity index (χ4n) is 4.90. The molecule has 13 nitrogen and oxygen atoms in total. The van der Waals surface area contributed by atoms with Crippen molar-refractivity contribution in [3.63, 3.8) is 0 Å². The second-order valence-corrected chi connectivity index (χ2v) is 13.6. The van der Waals surface area contributed by atoms with Gasteiger partial charge in [-0.25, -0.2) is 4.39 Å². The van der Waals surface area contributed by atoms with Crippen molar-refractivity contribution >= 4 is 54.7 Å². The van der Waals surface area contributed by atoms with Gasteiger partial charge in [0.25, 0.3) is 31.7 Å². The molecule has 16 heteroatoms. The van der Waals surface area contributed by atoms with Gasteiger partial charge < -0.3 is 23.8 Å². The van der Waals surface area contributed by atoms with Crippen molar-refractivity contribution in [1.82, 2.24) is 0 Å². The van der Waals surface area contributed by atoms with Crippen LogP contribution < -0.4 is 19.5 Å². The van der Waals surface area contributed by atoms with Gasteiger partial charge in [0.1, 0.15) is 5.82 Å². The summed E-state index contributed by atoms with van der Waals surface area (Å²) in [4.78, 5) is 14.2. The topological polar surface area (TPSA) is 180 Å². The number of carbonyl (C=O) groups is 1. The molecule has 2 aromatic carbocycles. The lowest BCUT2D eigenvalue weighted by Crippen LogP contribution is -2.36. The molecular formula is C30H31FN3O10S2+. The third-order valence-corrected chi connectivity index (χ3v) is 8.63. The van der Waals surface area contributed by atoms with Gasteiger partial charge in [-0.05, 0) is 54.8 Å². The number of amides is 1. The fraction of sp³-hybridized carbons (Fsp3) is 0.267. The first-order valence-corrected chi connectivity index (χ1v) is 17.4. The molecule has 3 heterocycles. The maximum atomic E-state index is 14.1. The van der Waals surface area contributed by atoms with E-state index in [0.717, 1.165) is 0 Å². The number of oxazole rings is 1. The van der Waals surface area contributed by atoms with Crippen LogP contribution >= 0.6 is 0 Å². The first-order chi connectivity index (χ1) is 21.8. The highest BCUT2D eigenvalue weighted by molar-refractivity contribution is 7.86. The number of nitrogens with one attached hydrogen (secondary N) is 1. The minimum absolute atomic E-state index is 0.0385. The van der Waals surface area contributed by atoms with Crippen LogP contribution in [-0.2, 0) is 26.8 Å². The van der Waals surface area contributed by atoms with Gasteiger partial charge in [-0.15, -0.1) is 0 Å². The predicted molar refractivity (Wildman–Crippen MR) is 166 cm³/mol. The Hall–Kier alpha value is -4.51. The van der Waals surface area contributed by atoms with Crippen molar-refractivity contribution in [3.05, 3.63) is 89.8 Å². The quantitative estimate of drug-likeness (QED) is 0.131. The maximum absolute atomic E-state index is 14.1. The molecule has 244 valence electrons. The Morgan fingerprint density at radius 1 is 1.04 bits per heavy atom. The van der Waals surface area contributed by atoms with Crippen LogP contribution in [-0.4, -0.2) is 49.9 Å². The maximum Gasteiger partial charge on any atom is 0.374 e. The number of fused-ring (bicyclic) bond motifs is 2. The van der Waals surface area contributed by atoms with Gasteiger partial charge in [0.2, 0.25) is 11.5 Å². The third kappa shape index (κ3) is 8.20. The van der Waals surface area contributed by atoms with Gasteiger partial charge in [-0.1, -0.05) is 6.92 Å². The summed E-state index contributed by atoms with van der Waals surface area (Å²) in [5.41, 5.74) is 2.47. The molecule has 1 aliphatic heterocycles. The lowest BCUT2D eigenvalue weighted by atomic mass is 10.1. The fourth-order valence-corrected chi connectivity index (χ4v) is 5.89. The van der Waals surface area contributed by atoms with E-state index < -0.39 is 43.5 Å². The minimum atomic E-state index is -4.23. The highest BCUT2D eigenvalue weighted by atomic mass is 32.2. The number of furan rings is 1. The third-order valence-electron chi connectivity index (χ3n) is 7.02. The summed E-state index contributed by atoms with van der Waals surface area (Å²) in [7, 11) is -8.44. The highest BCUT2D eigenvalue weighted by Crippen LogP contribution is 2.40. The number of allylic oxidation sites excluding steroid dienone is 2. The number of anilines is 2. The van der Waals surface area contributed by atoms with Crippen molar-refractivity contribution < 1.29 is 53.3 Å². The molecule has 3 N–H and O–H groups in total. The molecular weight excluding hydrogens is 645 g/mol. The lowest BCUT2D eigenvalue weighted by Gasteiger charge is -2.18. The van der Waals surface area contributed by atoms with Crippen LogP contribution in [0.3, 0.4) is 0 Å². The van der Waals surface area contributed by atoms with Crippen LogP contribution in [0.5, 0.6) is 5.75 Å². The molecule has 0 unspecified atom stereocenters. The zero-order chi connectivity index (χ0) is 33.1. The molecule has 2 aromatic heterocycles. The molecule has 5 rings (SSSR count). The molecule has 0 saturated carbocycles. The van der Waals surface area contributed by atoms with Crippen LogP contribution in [0.15, 0.2) is 81.2 Å². The van der Waals surface area contributed by atoms with E-state index in [2.05, 4.69) is 5.32 Å². The Morgan fingerprint density at radius 2 is 1.80 bits per heavy atom. The summed E-state index contributed by atoms with van der Waals surface area (Å²) >= 11 is 0. The molecule has 0 fully saturated rings. The van der Waals surface area contributed by atoms with E-state index in [4.69, 9.17) is 13.6 Å². The average Bonchev–Trinajstić information content (AvgIpc) is 3.70. The van der Waals surface area contributed by atoms with Crippen molar-refractivity contribution in [2.45, 2.75) is 32.7 Å². The molecule has 0 aliphatic carbocycles. The van der Waals surface area contributed by atoms with Gasteiger partial charge in [0, 0.05) is 36.9 Å². The molecule has 0 saturated heterocycles. The van der Waals surface area contributed by atoms with Crippen molar-refractivity contribution in [1.29, 1.82) is 0 Å². The number of aryl methyl sites for hydroxylation is 1. The van der Waals surface area contributed by atoms with E-state index in [1.807, 2.05) is 6.92 Å². The van der Waals surface area contributed by atoms with E-state index in [0.29, 0.717) is 52.0 Å². The van der Waals surface area contributed by atoms with Crippen molar-refractivity contribution in [3.8, 4) is 5.75 Å². The molecule has 4 aromatic rings. The van der Waals surface area contributed by atoms with Crippen molar-refractivity contribution in [2.24, 2.45) is 0 Å². The average molecular weight is 677 g/mol. The monoisotopic (exact) mass is 676 g/mol. The number of nitrogens with zero attached hydrogens (tertiary/aromatic N) is 2. The summed E-state index contributed by atoms with van der Waals surface area (Å²) in [6.07, 6.45) is 5.33. The Morgan fingerprint density at radius 3 is 2.50 bits per heavy atom. The largest absolute Gasteiger partial charge is 0.459 e. The Bertz CT molecular complexity index is 2040. The Labute approximate surface area is 264 Å². The minimum Gasteiger partial charge on any atom is -0.459 e. The van der Waals surface area contributed by atoms with Gasteiger partial charge in [-0.2, -0.15) is 21.4 Å². The van der Waals surface area contributed by atoms with Crippen LogP contribution in [0.2, 0.25) is 0 Å². The number of carbonyl (C=O) groups excluding carboxylic acids is 1. The standard InChI is InChI=1S/C30H30FN3O10S2/c1-2-20(16-28-33(11-4-14-45(36,37)38)23-18-21(31)7-9-25(23)43-28)17-29-34(12-5-15-46(39,40)41)24-19-22(8-10-26(24)44-29)32-30(35)27-6-3-13-42-27/h3,6-10,13,16-19H,2,4-5,11-12,14-15H2,1H3,(H2-,32,35,36,37,38,39,40,41)/p+1. The van der Waals surface area contributed by atoms with Crippen molar-refractivity contribution in [2.75, 3.05) is 28.3 Å². The van der Waals surface area contributed by atoms with E-state index in [9.17, 15) is 35.1 Å². The second kappa shape index (κ2) is 13.5. The van der Waals surface area contributed by atoms with Crippen LogP contribution in [0, 0.1) is 5.82 Å². The number of hydrogen-bond donors (Lipinski definition) is 3. The predicted octanol–water partition coefficient (Wildman–Crippen LogP) is 4.79. The summed E-state index contributed by atoms with van der Waals surface area (Å²) in [6.45, 7) is 2.11. The number of halogens is 1. The molecule has 1 amide bonds. The summed E-state index contributed by atoms with van der Waals surface area (Å²) < 4.78 is 97.1. The summed E-state index contributed by atoms with van der Waals surface area (Å²) in [5, 5.41) is 2.75. The first kappa shape index (κ1) is 32.9. The molecule has 0 radical (unpaired) electrons. The van der Waals surface area contributed by atoms with Gasteiger partial charge in [0.05, 0.1) is 29.5 Å². The molecule has 0 spiro atoms. The first-order valence-electron chi connectivity index (χ1n) is 14.2. The highest BCUT2D eigenvalue weighted by Gasteiger charge is 2.28. The number of benzene rings is 2. The zero-order valence-electron chi connectivity index (χ0n) is 24.5. The lowest BCUT2D eigenvalue weighted by molar-refractivity contribution is -0.677. The molecule has 0 bridgehead atoms. The van der Waals surface area contributed by atoms with E-state index >= 15 is 0 Å². The van der Waals surface area contributed by atoms with E-state index in [1.54, 1.807) is 45.9 Å². The van der Waals surface area contributed by atoms with Gasteiger partial charge in [-0.3, -0.25) is 13.9 Å². The molecule has 46 heavy (non-hydrogen) atoms.